The number of aryl methyl sites for hydroxylation is 3. The zero-order valence-electron chi connectivity index (χ0n) is 18.8. The summed E-state index contributed by atoms with van der Waals surface area (Å²) in [6, 6.07) is 13.5. The van der Waals surface area contributed by atoms with Gasteiger partial charge >= 0.3 is 0 Å². The second kappa shape index (κ2) is 7.46. The Morgan fingerprint density at radius 1 is 0.971 bits per heavy atom. The van der Waals surface area contributed by atoms with Gasteiger partial charge in [-0.2, -0.15) is 0 Å². The molecule has 168 valence electrons. The van der Waals surface area contributed by atoms with E-state index >= 15 is 0 Å². The molecule has 0 saturated carbocycles. The average Bonchev–Trinajstić information content (AvgIpc) is 3.46. The highest BCUT2D eigenvalue weighted by Crippen LogP contribution is 2.31. The van der Waals surface area contributed by atoms with Crippen LogP contribution in [0.2, 0.25) is 0 Å². The molecule has 0 atom stereocenters. The second-order valence-electron chi connectivity index (χ2n) is 8.44. The zero-order valence-corrected chi connectivity index (χ0v) is 19.6. The first kappa shape index (κ1) is 20.5. The molecule has 9 heteroatoms. The SMILES string of the molecule is Cc1ccc(-c2csc3ncn(Cc4nnc5n(C)c(=O)c6ccccc6n45)c(=O)c23)cc1C. The fraction of sp³-hybridized carbons (Fsp3) is 0.160. The largest absolute Gasteiger partial charge is 0.291 e. The van der Waals surface area contributed by atoms with Crippen molar-refractivity contribution in [3.05, 3.63) is 91.8 Å². The lowest BCUT2D eigenvalue weighted by atomic mass is 10.0. The predicted molar refractivity (Wildman–Crippen MR) is 134 cm³/mol. The zero-order chi connectivity index (χ0) is 23.6. The number of hydrogen-bond donors (Lipinski definition) is 0. The smallest absolute Gasteiger partial charge is 0.263 e. The van der Waals surface area contributed by atoms with Gasteiger partial charge in [-0.15, -0.1) is 21.5 Å². The van der Waals surface area contributed by atoms with Gasteiger partial charge in [0.2, 0.25) is 5.78 Å². The summed E-state index contributed by atoms with van der Waals surface area (Å²) in [6.07, 6.45) is 1.55. The Morgan fingerprint density at radius 2 is 1.79 bits per heavy atom. The van der Waals surface area contributed by atoms with Crippen LogP contribution in [0.1, 0.15) is 17.0 Å². The van der Waals surface area contributed by atoms with Crippen LogP contribution in [0.5, 0.6) is 0 Å². The molecule has 0 aliphatic rings. The van der Waals surface area contributed by atoms with E-state index < -0.39 is 0 Å². The van der Waals surface area contributed by atoms with Crippen molar-refractivity contribution in [2.24, 2.45) is 7.05 Å². The summed E-state index contributed by atoms with van der Waals surface area (Å²) in [5.74, 6) is 0.972. The number of para-hydroxylation sites is 1. The van der Waals surface area contributed by atoms with Crippen LogP contribution in [0, 0.1) is 13.8 Å². The molecule has 8 nitrogen and oxygen atoms in total. The minimum atomic E-state index is -0.140. The Labute approximate surface area is 197 Å². The Hall–Kier alpha value is -4.11. The topological polar surface area (TPSA) is 87.1 Å². The molecule has 0 saturated heterocycles. The normalized spacial score (nSPS) is 11.7. The minimum Gasteiger partial charge on any atom is -0.291 e. The third-order valence-electron chi connectivity index (χ3n) is 6.38. The summed E-state index contributed by atoms with van der Waals surface area (Å²) in [6.45, 7) is 4.31. The molecule has 0 radical (unpaired) electrons. The Morgan fingerprint density at radius 3 is 2.62 bits per heavy atom. The molecule has 0 N–H and O–H groups in total. The van der Waals surface area contributed by atoms with Crippen LogP contribution in [0.3, 0.4) is 0 Å². The number of rotatable bonds is 3. The first-order chi connectivity index (χ1) is 16.4. The van der Waals surface area contributed by atoms with Crippen LogP contribution in [-0.4, -0.2) is 28.7 Å². The Balaban J connectivity index is 1.54. The second-order valence-corrected chi connectivity index (χ2v) is 9.30. The summed E-state index contributed by atoms with van der Waals surface area (Å²) < 4.78 is 4.85. The molecule has 0 aliphatic carbocycles. The van der Waals surface area contributed by atoms with Gasteiger partial charge < -0.3 is 0 Å². The molecule has 6 rings (SSSR count). The molecule has 34 heavy (non-hydrogen) atoms. The van der Waals surface area contributed by atoms with Gasteiger partial charge in [-0.25, -0.2) is 4.98 Å². The summed E-state index contributed by atoms with van der Waals surface area (Å²) in [7, 11) is 1.67. The van der Waals surface area contributed by atoms with Gasteiger partial charge in [0.15, 0.2) is 5.82 Å². The van der Waals surface area contributed by atoms with Crippen LogP contribution >= 0.6 is 11.3 Å². The van der Waals surface area contributed by atoms with Crippen LogP contribution < -0.4 is 11.1 Å². The van der Waals surface area contributed by atoms with E-state index in [2.05, 4.69) is 41.2 Å². The van der Waals surface area contributed by atoms with Crippen molar-refractivity contribution >= 4 is 38.2 Å². The molecule has 2 aromatic carbocycles. The first-order valence-corrected chi connectivity index (χ1v) is 11.7. The van der Waals surface area contributed by atoms with Crippen molar-refractivity contribution in [3.63, 3.8) is 0 Å². The lowest BCUT2D eigenvalue weighted by molar-refractivity contribution is 0.701. The van der Waals surface area contributed by atoms with E-state index in [0.717, 1.165) is 11.1 Å². The van der Waals surface area contributed by atoms with Gasteiger partial charge in [-0.3, -0.25) is 23.1 Å². The van der Waals surface area contributed by atoms with Crippen molar-refractivity contribution in [1.82, 2.24) is 28.7 Å². The maximum atomic E-state index is 13.6. The average molecular weight is 469 g/mol. The van der Waals surface area contributed by atoms with Gasteiger partial charge in [-0.1, -0.05) is 30.3 Å². The van der Waals surface area contributed by atoms with Crippen LogP contribution in [0.4, 0.5) is 0 Å². The van der Waals surface area contributed by atoms with Gasteiger partial charge in [0.25, 0.3) is 11.1 Å². The van der Waals surface area contributed by atoms with E-state index in [0.29, 0.717) is 32.7 Å². The first-order valence-electron chi connectivity index (χ1n) is 10.8. The minimum absolute atomic E-state index is 0.134. The van der Waals surface area contributed by atoms with Crippen molar-refractivity contribution in [2.75, 3.05) is 0 Å². The molecule has 4 aromatic heterocycles. The van der Waals surface area contributed by atoms with E-state index in [1.54, 1.807) is 24.0 Å². The highest BCUT2D eigenvalue weighted by atomic mass is 32.1. The fourth-order valence-corrected chi connectivity index (χ4v) is 5.25. The van der Waals surface area contributed by atoms with Crippen molar-refractivity contribution in [3.8, 4) is 11.1 Å². The number of aromatic nitrogens is 6. The highest BCUT2D eigenvalue weighted by molar-refractivity contribution is 7.17. The maximum Gasteiger partial charge on any atom is 0.263 e. The summed E-state index contributed by atoms with van der Waals surface area (Å²) >= 11 is 1.46. The molecule has 0 unspecified atom stereocenters. The molecule has 0 spiro atoms. The highest BCUT2D eigenvalue weighted by Gasteiger charge is 2.18. The van der Waals surface area contributed by atoms with E-state index in [4.69, 9.17) is 0 Å². The number of benzene rings is 2. The van der Waals surface area contributed by atoms with E-state index in [9.17, 15) is 9.59 Å². The molecular formula is C25H20N6O2S. The van der Waals surface area contributed by atoms with E-state index in [1.165, 1.54) is 27.0 Å². The van der Waals surface area contributed by atoms with Gasteiger partial charge in [0.1, 0.15) is 4.83 Å². The van der Waals surface area contributed by atoms with Crippen molar-refractivity contribution < 1.29 is 0 Å². The third kappa shape index (κ3) is 2.94. The summed E-state index contributed by atoms with van der Waals surface area (Å²) in [5.41, 5.74) is 4.69. The van der Waals surface area contributed by atoms with Crippen molar-refractivity contribution in [2.45, 2.75) is 20.4 Å². The van der Waals surface area contributed by atoms with Crippen LogP contribution in [0.25, 0.3) is 38.0 Å². The number of nitrogens with zero attached hydrogens (tertiary/aromatic N) is 6. The quantitative estimate of drug-likeness (QED) is 0.395. The van der Waals surface area contributed by atoms with E-state index in [-0.39, 0.29) is 17.7 Å². The maximum absolute atomic E-state index is 13.6. The molecular weight excluding hydrogens is 448 g/mol. The van der Waals surface area contributed by atoms with Gasteiger partial charge in [0.05, 0.1) is 29.2 Å². The number of thiophene rings is 1. The predicted octanol–water partition coefficient (Wildman–Crippen LogP) is 3.68. The van der Waals surface area contributed by atoms with Crippen LogP contribution in [0.15, 0.2) is 63.8 Å². The third-order valence-corrected chi connectivity index (χ3v) is 7.27. The molecule has 4 heterocycles. The Kier molecular flexibility index (Phi) is 4.50. The van der Waals surface area contributed by atoms with Crippen molar-refractivity contribution in [1.29, 1.82) is 0 Å². The summed E-state index contributed by atoms with van der Waals surface area (Å²) in [5, 5.41) is 11.7. The van der Waals surface area contributed by atoms with Gasteiger partial charge in [0, 0.05) is 18.0 Å². The lowest BCUT2D eigenvalue weighted by Gasteiger charge is -2.09. The van der Waals surface area contributed by atoms with E-state index in [1.807, 2.05) is 34.0 Å². The Bertz CT molecular complexity index is 1870. The fourth-order valence-electron chi connectivity index (χ4n) is 4.35. The standard InChI is InChI=1S/C25H20N6O2S/c1-14-8-9-16(10-15(14)2)18-12-34-22-21(18)24(33)30(13-26-22)11-20-27-28-25-29(3)23(32)17-6-4-5-7-19(17)31(20)25/h4-10,12-13H,11H2,1-3H3. The molecule has 0 bridgehead atoms. The number of fused-ring (bicyclic) bond motifs is 4. The molecule has 0 amide bonds. The van der Waals surface area contributed by atoms with Gasteiger partial charge in [-0.05, 0) is 42.7 Å². The molecule has 0 fully saturated rings. The molecule has 6 aromatic rings. The molecule has 0 aliphatic heterocycles. The lowest BCUT2D eigenvalue weighted by Crippen LogP contribution is -2.23. The summed E-state index contributed by atoms with van der Waals surface area (Å²) in [4.78, 5) is 31.6. The van der Waals surface area contributed by atoms with Crippen LogP contribution in [-0.2, 0) is 13.6 Å². The number of hydrogen-bond acceptors (Lipinski definition) is 6. The monoisotopic (exact) mass is 468 g/mol.